The first kappa shape index (κ1) is 24.9. The van der Waals surface area contributed by atoms with E-state index in [-0.39, 0.29) is 29.4 Å². The van der Waals surface area contributed by atoms with E-state index in [0.717, 1.165) is 32.1 Å². The molecule has 2 nitrogen and oxygen atoms in total. The Hall–Kier alpha value is -2.24. The Labute approximate surface area is 199 Å². The summed E-state index contributed by atoms with van der Waals surface area (Å²) in [5.41, 5.74) is -0.384. The Bertz CT molecular complexity index is 996. The van der Waals surface area contributed by atoms with E-state index in [0.29, 0.717) is 17.9 Å². The normalized spacial score (nSPS) is 20.9. The predicted molar refractivity (Wildman–Crippen MR) is 126 cm³/mol. The quantitative estimate of drug-likeness (QED) is 0.264. The van der Waals surface area contributed by atoms with Crippen LogP contribution in [-0.4, -0.2) is 6.61 Å². The van der Waals surface area contributed by atoms with Gasteiger partial charge >= 0.3 is 6.11 Å². The van der Waals surface area contributed by atoms with Crippen LogP contribution in [0.4, 0.5) is 17.6 Å². The number of rotatable bonds is 9. The Morgan fingerprint density at radius 2 is 1.59 bits per heavy atom. The summed E-state index contributed by atoms with van der Waals surface area (Å²) in [6.45, 7) is 4.43. The van der Waals surface area contributed by atoms with Crippen LogP contribution in [0.15, 0.2) is 24.3 Å². The second-order valence-electron chi connectivity index (χ2n) is 9.68. The van der Waals surface area contributed by atoms with E-state index in [2.05, 4.69) is 6.92 Å². The molecule has 4 rings (SSSR count). The Morgan fingerprint density at radius 3 is 2.29 bits per heavy atom. The molecule has 1 fully saturated rings. The van der Waals surface area contributed by atoms with Crippen LogP contribution in [0.2, 0.25) is 0 Å². The van der Waals surface area contributed by atoms with Gasteiger partial charge in [-0.2, -0.15) is 13.2 Å². The molecule has 2 aromatic rings. The molecule has 0 unspecified atom stereocenters. The minimum atomic E-state index is -3.97. The summed E-state index contributed by atoms with van der Waals surface area (Å²) >= 11 is 0. The fourth-order valence-corrected chi connectivity index (χ4v) is 5.33. The van der Waals surface area contributed by atoms with E-state index in [4.69, 9.17) is 9.47 Å². The number of fused-ring (bicyclic) bond motifs is 3. The number of alkyl halides is 2. The summed E-state index contributed by atoms with van der Waals surface area (Å²) < 4.78 is 70.9. The molecule has 0 atom stereocenters. The van der Waals surface area contributed by atoms with Crippen molar-refractivity contribution < 1.29 is 27.0 Å². The lowest BCUT2D eigenvalue weighted by atomic mass is 9.76. The number of hydrogen-bond acceptors (Lipinski definition) is 2. The highest BCUT2D eigenvalue weighted by Gasteiger charge is 2.47. The number of ether oxygens (including phenoxy) is 2. The average molecular weight is 479 g/mol. The number of hydrogen-bond donors (Lipinski definition) is 0. The highest BCUT2D eigenvalue weighted by Crippen LogP contribution is 2.52. The molecule has 0 N–H and O–H groups in total. The molecule has 0 spiro atoms. The first-order valence-electron chi connectivity index (χ1n) is 12.7. The van der Waals surface area contributed by atoms with E-state index in [1.807, 2.05) is 6.92 Å². The van der Waals surface area contributed by atoms with Crippen LogP contribution < -0.4 is 9.47 Å². The van der Waals surface area contributed by atoms with Gasteiger partial charge in [-0.3, -0.25) is 0 Å². The third-order valence-electron chi connectivity index (χ3n) is 7.30. The van der Waals surface area contributed by atoms with E-state index in [1.165, 1.54) is 43.9 Å². The second kappa shape index (κ2) is 10.6. The van der Waals surface area contributed by atoms with Gasteiger partial charge in [-0.25, -0.2) is 4.39 Å². The van der Waals surface area contributed by atoms with Crippen LogP contribution in [-0.2, 0) is 6.11 Å². The van der Waals surface area contributed by atoms with Crippen LogP contribution in [0.3, 0.4) is 0 Å². The number of unbranched alkanes of at least 4 members (excludes halogenated alkanes) is 3. The maximum atomic E-state index is 15.6. The van der Waals surface area contributed by atoms with Crippen molar-refractivity contribution in [2.45, 2.75) is 90.1 Å². The molecule has 6 heteroatoms. The highest BCUT2D eigenvalue weighted by molar-refractivity contribution is 5.78. The summed E-state index contributed by atoms with van der Waals surface area (Å²) in [7, 11) is 0. The molecule has 34 heavy (non-hydrogen) atoms. The summed E-state index contributed by atoms with van der Waals surface area (Å²) in [4.78, 5) is 0. The summed E-state index contributed by atoms with van der Waals surface area (Å²) in [6, 6.07) is 5.96. The standard InChI is InChI=1S/C28H34F4O2/c1-3-5-7-8-18-9-11-19(12-10-18)20-13-14-21-22-15-16-23(33-17-6-4-2)26(30)27(22)34-28(31,32)24(21)25(20)29/h13-16,18-19H,3-12,17H2,1-2H3. The minimum absolute atomic E-state index is 0.0280. The van der Waals surface area contributed by atoms with Gasteiger partial charge in [0, 0.05) is 11.1 Å². The molecule has 1 aliphatic carbocycles. The second-order valence-corrected chi connectivity index (χ2v) is 9.68. The van der Waals surface area contributed by atoms with Crippen LogP contribution in [0.5, 0.6) is 11.5 Å². The number of halogens is 4. The maximum absolute atomic E-state index is 15.6. The number of benzene rings is 2. The first-order valence-corrected chi connectivity index (χ1v) is 12.7. The van der Waals surface area contributed by atoms with Gasteiger partial charge in [0.25, 0.3) is 0 Å². The molecule has 2 aromatic carbocycles. The molecule has 1 saturated carbocycles. The van der Waals surface area contributed by atoms with Gasteiger partial charge in [0.05, 0.1) is 6.61 Å². The van der Waals surface area contributed by atoms with Crippen molar-refractivity contribution >= 4 is 0 Å². The van der Waals surface area contributed by atoms with Crippen LogP contribution >= 0.6 is 0 Å². The molecule has 2 aliphatic rings. The van der Waals surface area contributed by atoms with Crippen LogP contribution in [0.1, 0.15) is 95.1 Å². The van der Waals surface area contributed by atoms with Gasteiger partial charge in [-0.05, 0) is 61.6 Å². The van der Waals surface area contributed by atoms with Gasteiger partial charge < -0.3 is 9.47 Å². The average Bonchev–Trinajstić information content (AvgIpc) is 2.81. The van der Waals surface area contributed by atoms with Crippen molar-refractivity contribution in [2.24, 2.45) is 5.92 Å². The van der Waals surface area contributed by atoms with E-state index < -0.39 is 29.1 Å². The van der Waals surface area contributed by atoms with Crippen LogP contribution in [0, 0.1) is 17.6 Å². The van der Waals surface area contributed by atoms with E-state index in [1.54, 1.807) is 6.07 Å². The van der Waals surface area contributed by atoms with Gasteiger partial charge in [-0.15, -0.1) is 0 Å². The summed E-state index contributed by atoms with van der Waals surface area (Å²) in [5, 5.41) is 0. The van der Waals surface area contributed by atoms with Gasteiger partial charge in [0.15, 0.2) is 11.5 Å². The zero-order chi connectivity index (χ0) is 24.3. The van der Waals surface area contributed by atoms with Crippen molar-refractivity contribution in [1.82, 2.24) is 0 Å². The lowest BCUT2D eigenvalue weighted by Gasteiger charge is -2.32. The largest absolute Gasteiger partial charge is 0.490 e. The highest BCUT2D eigenvalue weighted by atomic mass is 19.3. The van der Waals surface area contributed by atoms with Gasteiger partial charge in [-0.1, -0.05) is 58.1 Å². The smallest absolute Gasteiger partial charge is 0.430 e. The van der Waals surface area contributed by atoms with Crippen molar-refractivity contribution in [1.29, 1.82) is 0 Å². The zero-order valence-corrected chi connectivity index (χ0v) is 20.1. The summed E-state index contributed by atoms with van der Waals surface area (Å²) in [6.07, 6.45) is 5.99. The molecular formula is C28H34F4O2. The lowest BCUT2D eigenvalue weighted by molar-refractivity contribution is -0.190. The molecule has 186 valence electrons. The Kier molecular flexibility index (Phi) is 7.73. The molecule has 0 radical (unpaired) electrons. The first-order chi connectivity index (χ1) is 16.4. The molecule has 0 amide bonds. The third kappa shape index (κ3) is 4.92. The van der Waals surface area contributed by atoms with Crippen molar-refractivity contribution in [3.63, 3.8) is 0 Å². The van der Waals surface area contributed by atoms with E-state index >= 15 is 13.2 Å². The van der Waals surface area contributed by atoms with E-state index in [9.17, 15) is 4.39 Å². The lowest BCUT2D eigenvalue weighted by Crippen LogP contribution is -2.29. The van der Waals surface area contributed by atoms with Crippen LogP contribution in [0.25, 0.3) is 11.1 Å². The molecule has 1 heterocycles. The predicted octanol–water partition coefficient (Wildman–Crippen LogP) is 9.11. The summed E-state index contributed by atoms with van der Waals surface area (Å²) in [5.74, 6) is -2.09. The maximum Gasteiger partial charge on any atom is 0.430 e. The molecule has 0 aromatic heterocycles. The van der Waals surface area contributed by atoms with Crippen molar-refractivity contribution in [3.05, 3.63) is 47.0 Å². The molecule has 0 bridgehead atoms. The van der Waals surface area contributed by atoms with Gasteiger partial charge in [0.2, 0.25) is 5.82 Å². The monoisotopic (exact) mass is 478 g/mol. The Balaban J connectivity index is 1.60. The SMILES string of the molecule is CCCCCC1CCC(c2ccc3c(c2F)C(F)(F)Oc2c-3ccc(OCCCC)c2F)CC1. The minimum Gasteiger partial charge on any atom is -0.490 e. The zero-order valence-electron chi connectivity index (χ0n) is 20.1. The fourth-order valence-electron chi connectivity index (χ4n) is 5.33. The van der Waals surface area contributed by atoms with Crippen molar-refractivity contribution in [3.8, 4) is 22.6 Å². The third-order valence-corrected chi connectivity index (χ3v) is 7.30. The molecular weight excluding hydrogens is 444 g/mol. The molecule has 1 aliphatic heterocycles. The Morgan fingerprint density at radius 1 is 0.882 bits per heavy atom. The topological polar surface area (TPSA) is 18.5 Å². The molecule has 0 saturated heterocycles. The fraction of sp³-hybridized carbons (Fsp3) is 0.571. The van der Waals surface area contributed by atoms with Gasteiger partial charge in [0.1, 0.15) is 11.4 Å². The van der Waals surface area contributed by atoms with Crippen molar-refractivity contribution in [2.75, 3.05) is 6.61 Å².